The predicted octanol–water partition coefficient (Wildman–Crippen LogP) is 6.06. The fourth-order valence-corrected chi connectivity index (χ4v) is 6.01. The topological polar surface area (TPSA) is 107 Å². The van der Waals surface area contributed by atoms with Crippen LogP contribution in [0.1, 0.15) is 58.0 Å². The van der Waals surface area contributed by atoms with Crippen LogP contribution in [0, 0.1) is 6.92 Å². The number of benzene rings is 2. The van der Waals surface area contributed by atoms with Crippen LogP contribution in [0.15, 0.2) is 82.3 Å². The molecule has 0 saturated carbocycles. The van der Waals surface area contributed by atoms with Gasteiger partial charge in [-0.15, -0.1) is 11.3 Å². The number of aryl methyl sites for hydroxylation is 1. The number of aromatic nitrogens is 2. The molecule has 0 spiro atoms. The summed E-state index contributed by atoms with van der Waals surface area (Å²) >= 11 is 1.60. The first kappa shape index (κ1) is 27.5. The molecule has 2 aromatic carbocycles. The number of hydrogen-bond donors (Lipinski definition) is 1. The molecule has 1 aliphatic heterocycles. The van der Waals surface area contributed by atoms with Gasteiger partial charge in [-0.05, 0) is 56.9 Å². The first-order valence-electron chi connectivity index (χ1n) is 13.2. The number of ether oxygens (including phenoxy) is 1. The van der Waals surface area contributed by atoms with Crippen LogP contribution >= 0.6 is 11.3 Å². The van der Waals surface area contributed by atoms with E-state index in [1.165, 1.54) is 0 Å². The number of amides is 1. The zero-order chi connectivity index (χ0) is 28.3. The average molecular weight is 556 g/mol. The first-order valence-corrected chi connectivity index (χ1v) is 14.1. The normalized spacial score (nSPS) is 17.1. The molecule has 3 heterocycles. The summed E-state index contributed by atoms with van der Waals surface area (Å²) in [6.07, 6.45) is 3.91. The van der Waals surface area contributed by atoms with Crippen LogP contribution in [-0.2, 0) is 11.2 Å². The molecular weight excluding hydrogens is 522 g/mol. The zero-order valence-corrected chi connectivity index (χ0v) is 23.8. The van der Waals surface area contributed by atoms with Gasteiger partial charge in [0.15, 0.2) is 5.76 Å². The molecule has 8 nitrogen and oxygen atoms in total. The number of carbonyl (C=O) groups is 1. The van der Waals surface area contributed by atoms with Crippen molar-refractivity contribution in [3.63, 3.8) is 0 Å². The number of aliphatic imine (C=N–C) groups is 1. The summed E-state index contributed by atoms with van der Waals surface area (Å²) < 4.78 is 11.6. The van der Waals surface area contributed by atoms with E-state index in [0.717, 1.165) is 29.1 Å². The molecule has 1 unspecified atom stereocenters. The van der Waals surface area contributed by atoms with Crippen LogP contribution in [0.3, 0.4) is 0 Å². The molecule has 1 amide bonds. The van der Waals surface area contributed by atoms with Gasteiger partial charge in [-0.25, -0.2) is 4.98 Å². The molecule has 1 saturated heterocycles. The van der Waals surface area contributed by atoms with E-state index < -0.39 is 5.54 Å². The lowest BCUT2D eigenvalue weighted by Crippen LogP contribution is -2.48. The summed E-state index contributed by atoms with van der Waals surface area (Å²) in [6, 6.07) is 17.1. The van der Waals surface area contributed by atoms with Gasteiger partial charge in [-0.1, -0.05) is 42.1 Å². The smallest absolute Gasteiger partial charge is 0.254 e. The molecule has 9 heteroatoms. The molecule has 2 N–H and O–H groups in total. The van der Waals surface area contributed by atoms with Crippen molar-refractivity contribution < 1.29 is 14.1 Å². The molecule has 4 aromatic rings. The van der Waals surface area contributed by atoms with Crippen molar-refractivity contribution in [2.45, 2.75) is 44.7 Å². The predicted molar refractivity (Wildman–Crippen MR) is 158 cm³/mol. The van der Waals surface area contributed by atoms with E-state index in [-0.39, 0.29) is 11.9 Å². The number of nitrogens with two attached hydrogens (primary N) is 1. The summed E-state index contributed by atoms with van der Waals surface area (Å²) in [4.78, 5) is 24.8. The second-order valence-corrected chi connectivity index (χ2v) is 11.2. The number of thiazole rings is 1. The van der Waals surface area contributed by atoms with Crippen LogP contribution in [0.4, 0.5) is 0 Å². The van der Waals surface area contributed by atoms with E-state index in [4.69, 9.17) is 15.0 Å². The highest BCUT2D eigenvalue weighted by atomic mass is 32.1. The minimum atomic E-state index is -0.880. The van der Waals surface area contributed by atoms with Crippen LogP contribution < -0.4 is 5.73 Å². The lowest BCUT2D eigenvalue weighted by atomic mass is 9.93. The Labute approximate surface area is 238 Å². The molecule has 1 aliphatic rings. The SMILES string of the molecule is C=C(O/C(=N\C)C(C)(N)Cc1ccccc1)c1cc(C(=O)N2CCC[C@@H]2c2nc(C)cs2)cc(-c2ccno2)c1. The third-order valence-corrected chi connectivity index (χ3v) is 8.05. The van der Waals surface area contributed by atoms with Crippen molar-refractivity contribution in [2.75, 3.05) is 13.6 Å². The van der Waals surface area contributed by atoms with Crippen molar-refractivity contribution in [3.8, 4) is 11.3 Å². The summed E-state index contributed by atoms with van der Waals surface area (Å²) in [5, 5.41) is 6.84. The van der Waals surface area contributed by atoms with Gasteiger partial charge in [-0.3, -0.25) is 9.79 Å². The van der Waals surface area contributed by atoms with Crippen molar-refractivity contribution in [2.24, 2.45) is 10.7 Å². The van der Waals surface area contributed by atoms with Gasteiger partial charge in [0, 0.05) is 47.4 Å². The maximum atomic E-state index is 13.9. The Kier molecular flexibility index (Phi) is 7.95. The molecule has 5 rings (SSSR count). The molecule has 1 fully saturated rings. The molecule has 0 aliphatic carbocycles. The number of nitrogens with zero attached hydrogens (tertiary/aromatic N) is 4. The minimum Gasteiger partial charge on any atom is -0.441 e. The molecule has 0 radical (unpaired) electrons. The maximum Gasteiger partial charge on any atom is 0.254 e. The molecule has 0 bridgehead atoms. The standard InChI is InChI=1S/C31H33N5O3S/c1-20-19-40-28(35-20)26-11-8-14-36(26)29(37)25-16-23(15-24(17-25)27-12-13-34-39-27)21(2)38-30(33-4)31(3,32)18-22-9-6-5-7-10-22/h5-7,9-10,12-13,15-17,19,26H,2,8,11,14,18,32H2,1,3-4H3/b33-30-/t26-,31?/m1/s1. The summed E-state index contributed by atoms with van der Waals surface area (Å²) in [6.45, 7) is 8.70. The van der Waals surface area contributed by atoms with Gasteiger partial charge in [0.1, 0.15) is 10.8 Å². The fraction of sp³-hybridized carbons (Fsp3) is 0.290. The van der Waals surface area contributed by atoms with Crippen LogP contribution in [0.5, 0.6) is 0 Å². The molecule has 206 valence electrons. The van der Waals surface area contributed by atoms with Crippen molar-refractivity contribution in [1.29, 1.82) is 0 Å². The third-order valence-electron chi connectivity index (χ3n) is 6.99. The first-order chi connectivity index (χ1) is 19.2. The van der Waals surface area contributed by atoms with E-state index in [9.17, 15) is 4.79 Å². The lowest BCUT2D eigenvalue weighted by Gasteiger charge is -2.27. The van der Waals surface area contributed by atoms with E-state index in [1.54, 1.807) is 36.7 Å². The minimum absolute atomic E-state index is 0.0437. The molecule has 2 aromatic heterocycles. The summed E-state index contributed by atoms with van der Waals surface area (Å²) in [7, 11) is 1.65. The molecular formula is C31H33N5O3S. The molecule has 40 heavy (non-hydrogen) atoms. The van der Waals surface area contributed by atoms with Crippen LogP contribution in [0.2, 0.25) is 0 Å². The Hall–Kier alpha value is -4.08. The van der Waals surface area contributed by atoms with E-state index >= 15 is 0 Å². The monoisotopic (exact) mass is 555 g/mol. The highest BCUT2D eigenvalue weighted by molar-refractivity contribution is 7.09. The number of hydrogen-bond acceptors (Lipinski definition) is 8. The highest BCUT2D eigenvalue weighted by Gasteiger charge is 2.33. The van der Waals surface area contributed by atoms with Gasteiger partial charge in [0.25, 0.3) is 5.91 Å². The van der Waals surface area contributed by atoms with Gasteiger partial charge in [0.05, 0.1) is 17.8 Å². The maximum absolute atomic E-state index is 13.9. The van der Waals surface area contributed by atoms with E-state index in [2.05, 4.69) is 21.7 Å². The van der Waals surface area contributed by atoms with Crippen molar-refractivity contribution >= 4 is 28.9 Å². The molecule has 2 atom stereocenters. The van der Waals surface area contributed by atoms with Crippen LogP contribution in [0.25, 0.3) is 17.1 Å². The Morgan fingerprint density at radius 1 is 1.25 bits per heavy atom. The van der Waals surface area contributed by atoms with Crippen LogP contribution in [-0.4, -0.2) is 46.0 Å². The number of rotatable bonds is 8. The van der Waals surface area contributed by atoms with Gasteiger partial charge < -0.3 is 19.9 Å². The Bertz CT molecular complexity index is 1530. The number of carbonyl (C=O) groups excluding carboxylic acids is 1. The quantitative estimate of drug-likeness (QED) is 0.161. The average Bonchev–Trinajstić information content (AvgIpc) is 3.73. The summed E-state index contributed by atoms with van der Waals surface area (Å²) in [5.74, 6) is 1.13. The third kappa shape index (κ3) is 5.90. The fourth-order valence-electron chi connectivity index (χ4n) is 5.07. The van der Waals surface area contributed by atoms with E-state index in [0.29, 0.717) is 47.1 Å². The van der Waals surface area contributed by atoms with Gasteiger partial charge in [0.2, 0.25) is 5.90 Å². The Morgan fingerprint density at radius 3 is 2.70 bits per heavy atom. The van der Waals surface area contributed by atoms with E-state index in [1.807, 2.05) is 66.6 Å². The second-order valence-electron chi connectivity index (χ2n) is 10.3. The van der Waals surface area contributed by atoms with Crippen molar-refractivity contribution in [3.05, 3.63) is 100 Å². The highest BCUT2D eigenvalue weighted by Crippen LogP contribution is 2.36. The number of likely N-dealkylation sites (tertiary alicyclic amines) is 1. The lowest BCUT2D eigenvalue weighted by molar-refractivity contribution is 0.0735. The van der Waals surface area contributed by atoms with Gasteiger partial charge in [-0.2, -0.15) is 0 Å². The Balaban J connectivity index is 1.44. The van der Waals surface area contributed by atoms with Gasteiger partial charge >= 0.3 is 0 Å². The summed E-state index contributed by atoms with van der Waals surface area (Å²) in [5.41, 5.74) is 9.66. The second kappa shape index (κ2) is 11.6. The zero-order valence-electron chi connectivity index (χ0n) is 23.0. The van der Waals surface area contributed by atoms with Crippen molar-refractivity contribution in [1.82, 2.24) is 15.0 Å². The largest absolute Gasteiger partial charge is 0.441 e. The Morgan fingerprint density at radius 2 is 2.02 bits per heavy atom.